The number of carbonyl (C=O) groups is 2. The zero-order valence-electron chi connectivity index (χ0n) is 15.9. The number of nitrogens with zero attached hydrogens (tertiary/aromatic N) is 1. The van der Waals surface area contributed by atoms with Gasteiger partial charge in [0.25, 0.3) is 5.91 Å². The van der Waals surface area contributed by atoms with Crippen LogP contribution in [0.2, 0.25) is 0 Å². The molecule has 0 spiro atoms. The highest BCUT2D eigenvalue weighted by Crippen LogP contribution is 2.22. The molecular weight excluding hydrogens is 359 g/mol. The first-order valence-corrected chi connectivity index (χ1v) is 8.89. The Morgan fingerprint density at radius 3 is 2.36 bits per heavy atom. The molecule has 0 aliphatic rings. The number of hydrogen-bond donors (Lipinski definition) is 1. The lowest BCUT2D eigenvalue weighted by Crippen LogP contribution is -2.30. The maximum atomic E-state index is 13.7. The molecule has 6 heteroatoms. The smallest absolute Gasteiger partial charge is 0.340 e. The molecule has 1 unspecified atom stereocenters. The molecule has 28 heavy (non-hydrogen) atoms. The normalized spacial score (nSPS) is 11.7. The SMILES string of the molecule is Cc1cc(C(=O)OC(C)C(=O)Nc2ccccc2F)c(C)n1-c1ccccc1. The number of benzene rings is 2. The molecule has 3 rings (SSSR count). The number of esters is 1. The minimum absolute atomic E-state index is 0.0395. The fourth-order valence-electron chi connectivity index (χ4n) is 3.02. The largest absolute Gasteiger partial charge is 0.449 e. The van der Waals surface area contributed by atoms with Gasteiger partial charge in [0.2, 0.25) is 0 Å². The van der Waals surface area contributed by atoms with Gasteiger partial charge in [-0.25, -0.2) is 9.18 Å². The van der Waals surface area contributed by atoms with E-state index in [1.165, 1.54) is 25.1 Å². The third kappa shape index (κ3) is 3.96. The predicted octanol–water partition coefficient (Wildman–Crippen LogP) is 4.42. The number of hydrogen-bond acceptors (Lipinski definition) is 3. The molecule has 1 aromatic heterocycles. The van der Waals surface area contributed by atoms with Crippen molar-refractivity contribution in [1.82, 2.24) is 4.57 Å². The first kappa shape index (κ1) is 19.4. The van der Waals surface area contributed by atoms with E-state index in [1.54, 1.807) is 12.1 Å². The Kier molecular flexibility index (Phi) is 5.59. The van der Waals surface area contributed by atoms with Gasteiger partial charge in [-0.2, -0.15) is 0 Å². The van der Waals surface area contributed by atoms with Crippen LogP contribution in [0.15, 0.2) is 60.7 Å². The minimum atomic E-state index is -1.08. The predicted molar refractivity (Wildman–Crippen MR) is 105 cm³/mol. The molecule has 0 aliphatic heterocycles. The Balaban J connectivity index is 1.74. The number of halogens is 1. The van der Waals surface area contributed by atoms with Gasteiger partial charge in [0, 0.05) is 17.1 Å². The first-order chi connectivity index (χ1) is 13.4. The van der Waals surface area contributed by atoms with Crippen LogP contribution in [0.5, 0.6) is 0 Å². The van der Waals surface area contributed by atoms with Crippen molar-refractivity contribution in [3.63, 3.8) is 0 Å². The highest BCUT2D eigenvalue weighted by molar-refractivity contribution is 5.98. The summed E-state index contributed by atoms with van der Waals surface area (Å²) in [6.07, 6.45) is -1.08. The third-order valence-corrected chi connectivity index (χ3v) is 4.45. The van der Waals surface area contributed by atoms with Crippen LogP contribution in [-0.4, -0.2) is 22.5 Å². The van der Waals surface area contributed by atoms with E-state index in [0.29, 0.717) is 5.56 Å². The number of anilines is 1. The van der Waals surface area contributed by atoms with Crippen LogP contribution in [0.25, 0.3) is 5.69 Å². The van der Waals surface area contributed by atoms with E-state index in [2.05, 4.69) is 5.32 Å². The van der Waals surface area contributed by atoms with Crippen LogP contribution >= 0.6 is 0 Å². The summed E-state index contributed by atoms with van der Waals surface area (Å²) >= 11 is 0. The third-order valence-electron chi connectivity index (χ3n) is 4.45. The molecule has 0 radical (unpaired) electrons. The molecule has 3 aromatic rings. The number of rotatable bonds is 5. The monoisotopic (exact) mass is 380 g/mol. The molecule has 1 N–H and O–H groups in total. The summed E-state index contributed by atoms with van der Waals surface area (Å²) in [4.78, 5) is 24.9. The molecule has 1 amide bonds. The lowest BCUT2D eigenvalue weighted by Gasteiger charge is -2.14. The van der Waals surface area contributed by atoms with Crippen LogP contribution in [-0.2, 0) is 9.53 Å². The van der Waals surface area contributed by atoms with Gasteiger partial charge in [-0.15, -0.1) is 0 Å². The molecule has 5 nitrogen and oxygen atoms in total. The van der Waals surface area contributed by atoms with E-state index in [-0.39, 0.29) is 5.69 Å². The Hall–Kier alpha value is -3.41. The van der Waals surface area contributed by atoms with Crippen molar-refractivity contribution >= 4 is 17.6 Å². The van der Waals surface area contributed by atoms with Gasteiger partial charge in [0.15, 0.2) is 6.10 Å². The number of ether oxygens (including phenoxy) is 1. The Morgan fingerprint density at radius 2 is 1.68 bits per heavy atom. The van der Waals surface area contributed by atoms with Crippen molar-refractivity contribution in [1.29, 1.82) is 0 Å². The molecule has 0 saturated heterocycles. The van der Waals surface area contributed by atoms with Crippen molar-refractivity contribution in [2.24, 2.45) is 0 Å². The van der Waals surface area contributed by atoms with Crippen LogP contribution in [0.1, 0.15) is 28.7 Å². The molecule has 0 bridgehead atoms. The molecule has 1 atom stereocenters. The highest BCUT2D eigenvalue weighted by atomic mass is 19.1. The summed E-state index contributed by atoms with van der Waals surface area (Å²) in [7, 11) is 0. The lowest BCUT2D eigenvalue weighted by molar-refractivity contribution is -0.123. The lowest BCUT2D eigenvalue weighted by atomic mass is 10.2. The van der Waals surface area contributed by atoms with Crippen LogP contribution < -0.4 is 5.32 Å². The van der Waals surface area contributed by atoms with Gasteiger partial charge in [-0.05, 0) is 51.1 Å². The average Bonchev–Trinajstić information content (AvgIpc) is 2.98. The molecule has 2 aromatic carbocycles. The summed E-state index contributed by atoms with van der Waals surface area (Å²) in [5, 5.41) is 2.43. The number of carbonyl (C=O) groups excluding carboxylic acids is 2. The maximum Gasteiger partial charge on any atom is 0.340 e. The van der Waals surface area contributed by atoms with Crippen molar-refractivity contribution in [2.75, 3.05) is 5.32 Å². The van der Waals surface area contributed by atoms with E-state index in [4.69, 9.17) is 4.74 Å². The molecule has 0 aliphatic carbocycles. The summed E-state index contributed by atoms with van der Waals surface area (Å²) in [6, 6.07) is 17.2. The van der Waals surface area contributed by atoms with E-state index in [1.807, 2.05) is 48.7 Å². The van der Waals surface area contributed by atoms with Gasteiger partial charge < -0.3 is 14.6 Å². The Morgan fingerprint density at radius 1 is 1.04 bits per heavy atom. The summed E-state index contributed by atoms with van der Waals surface area (Å²) in [6.45, 7) is 5.16. The maximum absolute atomic E-state index is 13.7. The van der Waals surface area contributed by atoms with E-state index < -0.39 is 23.8 Å². The second-order valence-electron chi connectivity index (χ2n) is 6.47. The minimum Gasteiger partial charge on any atom is -0.449 e. The number of aryl methyl sites for hydroxylation is 1. The van der Waals surface area contributed by atoms with Crippen LogP contribution in [0.4, 0.5) is 10.1 Å². The Bertz CT molecular complexity index is 1010. The molecule has 0 fully saturated rings. The van der Waals surface area contributed by atoms with E-state index >= 15 is 0 Å². The quantitative estimate of drug-likeness (QED) is 0.667. The second-order valence-corrected chi connectivity index (χ2v) is 6.47. The van der Waals surface area contributed by atoms with Crippen molar-refractivity contribution in [3.8, 4) is 5.69 Å². The highest BCUT2D eigenvalue weighted by Gasteiger charge is 2.23. The zero-order valence-corrected chi connectivity index (χ0v) is 15.9. The number of nitrogens with one attached hydrogen (secondary N) is 1. The van der Waals surface area contributed by atoms with Gasteiger partial charge in [0.1, 0.15) is 5.82 Å². The topological polar surface area (TPSA) is 60.3 Å². The summed E-state index contributed by atoms with van der Waals surface area (Å²) in [5.74, 6) is -1.76. The van der Waals surface area contributed by atoms with E-state index in [9.17, 15) is 14.0 Å². The molecule has 144 valence electrons. The van der Waals surface area contributed by atoms with Crippen LogP contribution in [0.3, 0.4) is 0 Å². The Labute approximate surface area is 162 Å². The van der Waals surface area contributed by atoms with Gasteiger partial charge in [0.05, 0.1) is 11.3 Å². The first-order valence-electron chi connectivity index (χ1n) is 8.89. The summed E-state index contributed by atoms with van der Waals surface area (Å²) < 4.78 is 20.9. The second kappa shape index (κ2) is 8.08. The fourth-order valence-corrected chi connectivity index (χ4v) is 3.02. The zero-order chi connectivity index (χ0) is 20.3. The van der Waals surface area contributed by atoms with Crippen molar-refractivity contribution in [3.05, 3.63) is 83.4 Å². The van der Waals surface area contributed by atoms with E-state index in [0.717, 1.165) is 17.1 Å². The average molecular weight is 380 g/mol. The molecule has 0 saturated carbocycles. The van der Waals surface area contributed by atoms with Gasteiger partial charge >= 0.3 is 5.97 Å². The van der Waals surface area contributed by atoms with Crippen LogP contribution in [0, 0.1) is 19.7 Å². The van der Waals surface area contributed by atoms with Gasteiger partial charge in [-0.3, -0.25) is 4.79 Å². The number of aromatic nitrogens is 1. The fraction of sp³-hybridized carbons (Fsp3) is 0.182. The van der Waals surface area contributed by atoms with Gasteiger partial charge in [-0.1, -0.05) is 30.3 Å². The molecular formula is C22H21FN2O3. The number of amides is 1. The summed E-state index contributed by atoms with van der Waals surface area (Å²) in [5.41, 5.74) is 2.95. The van der Waals surface area contributed by atoms with Crippen molar-refractivity contribution in [2.45, 2.75) is 26.9 Å². The molecule has 1 heterocycles. The van der Waals surface area contributed by atoms with Crippen molar-refractivity contribution < 1.29 is 18.7 Å². The standard InChI is InChI=1S/C22H21FN2O3/c1-14-13-18(15(2)25(14)17-9-5-4-6-10-17)22(27)28-16(3)21(26)24-20-12-8-7-11-19(20)23/h4-13,16H,1-3H3,(H,24,26). The number of para-hydroxylation sites is 2.